The van der Waals surface area contributed by atoms with Crippen molar-refractivity contribution >= 4 is 17.3 Å². The minimum Gasteiger partial charge on any atom is -0.481 e. The topological polar surface area (TPSA) is 50.2 Å². The highest BCUT2D eigenvalue weighted by molar-refractivity contribution is 7.09. The average Bonchev–Trinajstić information content (AvgIpc) is 2.88. The van der Waals surface area contributed by atoms with Gasteiger partial charge in [0.2, 0.25) is 0 Å². The minimum atomic E-state index is -0.764. The Morgan fingerprint density at radius 1 is 1.79 bits per heavy atom. The Kier molecular flexibility index (Phi) is 2.54. The van der Waals surface area contributed by atoms with Crippen molar-refractivity contribution in [1.29, 1.82) is 0 Å². The molecule has 0 spiro atoms. The molecular weight excluding hydrogens is 198 g/mol. The molecule has 1 unspecified atom stereocenters. The molecule has 0 aromatic carbocycles. The van der Waals surface area contributed by atoms with Crippen molar-refractivity contribution in [1.82, 2.24) is 4.98 Å². The van der Waals surface area contributed by atoms with Crippen LogP contribution in [0.4, 0.5) is 0 Å². The normalized spacial score (nSPS) is 18.1. The van der Waals surface area contributed by atoms with Crippen molar-refractivity contribution in [3.63, 3.8) is 0 Å². The van der Waals surface area contributed by atoms with Gasteiger partial charge in [-0.15, -0.1) is 11.3 Å². The fourth-order valence-corrected chi connectivity index (χ4v) is 2.53. The Hall–Kier alpha value is -0.900. The Balaban J connectivity index is 2.17. The van der Waals surface area contributed by atoms with Crippen molar-refractivity contribution in [2.45, 2.75) is 38.0 Å². The van der Waals surface area contributed by atoms with E-state index in [0.29, 0.717) is 12.3 Å². The number of thiazole rings is 1. The van der Waals surface area contributed by atoms with Crippen LogP contribution >= 0.6 is 11.3 Å². The van der Waals surface area contributed by atoms with Crippen LogP contribution in [-0.4, -0.2) is 16.1 Å². The van der Waals surface area contributed by atoms with Crippen LogP contribution in [0.3, 0.4) is 0 Å². The molecule has 3 nitrogen and oxygen atoms in total. The molecule has 2 rings (SSSR count). The highest BCUT2D eigenvalue weighted by Crippen LogP contribution is 2.42. The van der Waals surface area contributed by atoms with Gasteiger partial charge in [0.05, 0.1) is 16.6 Å². The zero-order valence-corrected chi connectivity index (χ0v) is 8.88. The molecule has 1 saturated carbocycles. The number of hydrogen-bond donors (Lipinski definition) is 1. The first kappa shape index (κ1) is 9.65. The summed E-state index contributed by atoms with van der Waals surface area (Å²) in [6, 6.07) is 0. The van der Waals surface area contributed by atoms with Crippen molar-refractivity contribution in [2.24, 2.45) is 0 Å². The molecule has 4 heteroatoms. The zero-order chi connectivity index (χ0) is 10.1. The van der Waals surface area contributed by atoms with Gasteiger partial charge in [-0.05, 0) is 19.3 Å². The van der Waals surface area contributed by atoms with Gasteiger partial charge >= 0.3 is 5.97 Å². The quantitative estimate of drug-likeness (QED) is 0.832. The molecule has 1 aliphatic rings. The standard InChI is InChI=1S/C10H13NO2S/c1-2-7(10(12)13)8-5-14-9(11-8)6-3-4-6/h5-7H,2-4H2,1H3,(H,12,13). The Bertz CT molecular complexity index is 344. The Morgan fingerprint density at radius 3 is 3.00 bits per heavy atom. The van der Waals surface area contributed by atoms with Gasteiger partial charge in [-0.2, -0.15) is 0 Å². The van der Waals surface area contributed by atoms with Crippen LogP contribution in [0.1, 0.15) is 48.7 Å². The average molecular weight is 211 g/mol. The summed E-state index contributed by atoms with van der Waals surface area (Å²) in [4.78, 5) is 15.3. The minimum absolute atomic E-state index is 0.418. The van der Waals surface area contributed by atoms with E-state index in [1.165, 1.54) is 12.8 Å². The van der Waals surface area contributed by atoms with Gasteiger partial charge < -0.3 is 5.11 Å². The summed E-state index contributed by atoms with van der Waals surface area (Å²) in [5, 5.41) is 12.0. The number of carboxylic acid groups (broad SMARTS) is 1. The van der Waals surface area contributed by atoms with E-state index in [0.717, 1.165) is 10.7 Å². The predicted octanol–water partition coefficient (Wildman–Crippen LogP) is 2.60. The van der Waals surface area contributed by atoms with Crippen molar-refractivity contribution < 1.29 is 9.90 Å². The van der Waals surface area contributed by atoms with Gasteiger partial charge in [0.1, 0.15) is 0 Å². The van der Waals surface area contributed by atoms with Crippen LogP contribution in [0.2, 0.25) is 0 Å². The molecule has 1 atom stereocenters. The molecule has 1 aromatic rings. The summed E-state index contributed by atoms with van der Waals surface area (Å²) in [6.07, 6.45) is 3.05. The van der Waals surface area contributed by atoms with Gasteiger partial charge in [0, 0.05) is 11.3 Å². The molecule has 1 heterocycles. The van der Waals surface area contributed by atoms with E-state index < -0.39 is 11.9 Å². The number of aromatic nitrogens is 1. The van der Waals surface area contributed by atoms with Gasteiger partial charge in [-0.3, -0.25) is 4.79 Å². The van der Waals surface area contributed by atoms with Gasteiger partial charge in [-0.25, -0.2) is 4.98 Å². The smallest absolute Gasteiger partial charge is 0.312 e. The maximum Gasteiger partial charge on any atom is 0.312 e. The number of aliphatic carboxylic acids is 1. The molecule has 14 heavy (non-hydrogen) atoms. The van der Waals surface area contributed by atoms with Gasteiger partial charge in [-0.1, -0.05) is 6.92 Å². The molecule has 0 bridgehead atoms. The highest BCUT2D eigenvalue weighted by atomic mass is 32.1. The third kappa shape index (κ3) is 1.80. The maximum atomic E-state index is 10.9. The summed E-state index contributed by atoms with van der Waals surface area (Å²) >= 11 is 1.61. The molecule has 0 radical (unpaired) electrons. The third-order valence-corrected chi connectivity index (χ3v) is 3.56. The van der Waals surface area contributed by atoms with E-state index >= 15 is 0 Å². The lowest BCUT2D eigenvalue weighted by molar-refractivity contribution is -0.138. The van der Waals surface area contributed by atoms with Crippen LogP contribution in [0.15, 0.2) is 5.38 Å². The zero-order valence-electron chi connectivity index (χ0n) is 8.06. The monoisotopic (exact) mass is 211 g/mol. The van der Waals surface area contributed by atoms with Crippen LogP contribution in [0.5, 0.6) is 0 Å². The number of nitrogens with zero attached hydrogens (tertiary/aromatic N) is 1. The molecule has 1 fully saturated rings. The van der Waals surface area contributed by atoms with Gasteiger partial charge in [0.25, 0.3) is 0 Å². The van der Waals surface area contributed by atoms with Crippen molar-refractivity contribution in [2.75, 3.05) is 0 Å². The Morgan fingerprint density at radius 2 is 2.50 bits per heavy atom. The summed E-state index contributed by atoms with van der Waals surface area (Å²) < 4.78 is 0. The number of hydrogen-bond acceptors (Lipinski definition) is 3. The van der Waals surface area contributed by atoms with Crippen LogP contribution in [0.25, 0.3) is 0 Å². The molecule has 0 saturated heterocycles. The highest BCUT2D eigenvalue weighted by Gasteiger charge is 2.28. The van der Waals surface area contributed by atoms with E-state index in [-0.39, 0.29) is 0 Å². The molecule has 1 N–H and O–H groups in total. The maximum absolute atomic E-state index is 10.9. The fraction of sp³-hybridized carbons (Fsp3) is 0.600. The Labute approximate surface area is 86.8 Å². The van der Waals surface area contributed by atoms with E-state index in [2.05, 4.69) is 4.98 Å². The number of rotatable bonds is 4. The van der Waals surface area contributed by atoms with Crippen LogP contribution in [-0.2, 0) is 4.79 Å². The largest absolute Gasteiger partial charge is 0.481 e. The predicted molar refractivity (Wildman–Crippen MR) is 54.8 cm³/mol. The lowest BCUT2D eigenvalue weighted by Gasteiger charge is -2.04. The second-order valence-corrected chi connectivity index (χ2v) is 4.57. The third-order valence-electron chi connectivity index (χ3n) is 2.53. The van der Waals surface area contributed by atoms with Crippen LogP contribution in [0, 0.1) is 0 Å². The fourth-order valence-electron chi connectivity index (χ4n) is 1.49. The van der Waals surface area contributed by atoms with E-state index in [1.54, 1.807) is 11.3 Å². The molecular formula is C10H13NO2S. The van der Waals surface area contributed by atoms with E-state index in [4.69, 9.17) is 5.11 Å². The summed E-state index contributed by atoms with van der Waals surface area (Å²) in [6.45, 7) is 1.88. The molecule has 0 amide bonds. The molecule has 76 valence electrons. The second kappa shape index (κ2) is 3.69. The van der Waals surface area contributed by atoms with Crippen LogP contribution < -0.4 is 0 Å². The summed E-state index contributed by atoms with van der Waals surface area (Å²) in [7, 11) is 0. The molecule has 1 aliphatic carbocycles. The lowest BCUT2D eigenvalue weighted by Crippen LogP contribution is -2.10. The second-order valence-electron chi connectivity index (χ2n) is 3.68. The van der Waals surface area contributed by atoms with E-state index in [1.807, 2.05) is 12.3 Å². The lowest BCUT2D eigenvalue weighted by atomic mass is 10.0. The van der Waals surface area contributed by atoms with E-state index in [9.17, 15) is 4.79 Å². The first-order valence-corrected chi connectivity index (χ1v) is 5.78. The number of carbonyl (C=O) groups is 1. The molecule has 0 aliphatic heterocycles. The number of carboxylic acids is 1. The SMILES string of the molecule is CCC(C(=O)O)c1csc(C2CC2)n1. The summed E-state index contributed by atoms with van der Waals surface area (Å²) in [5.41, 5.74) is 0.743. The first-order valence-electron chi connectivity index (χ1n) is 4.90. The first-order chi connectivity index (χ1) is 6.72. The van der Waals surface area contributed by atoms with Gasteiger partial charge in [0.15, 0.2) is 0 Å². The molecule has 1 aromatic heterocycles. The summed E-state index contributed by atoms with van der Waals surface area (Å²) in [5.74, 6) is -0.557. The van der Waals surface area contributed by atoms with Crippen molar-refractivity contribution in [3.05, 3.63) is 16.1 Å². The van der Waals surface area contributed by atoms with Crippen molar-refractivity contribution in [3.8, 4) is 0 Å².